The Morgan fingerprint density at radius 1 is 1.41 bits per heavy atom. The van der Waals surface area contributed by atoms with Crippen molar-refractivity contribution in [2.75, 3.05) is 25.2 Å². The van der Waals surface area contributed by atoms with Crippen molar-refractivity contribution in [1.29, 1.82) is 0 Å². The number of carboxylic acids is 1. The van der Waals surface area contributed by atoms with Gasteiger partial charge < -0.3 is 15.2 Å². The van der Waals surface area contributed by atoms with Crippen LogP contribution in [0.2, 0.25) is 0 Å². The topological polar surface area (TPSA) is 75.6 Å². The highest BCUT2D eigenvalue weighted by Gasteiger charge is 2.32. The van der Waals surface area contributed by atoms with Crippen LogP contribution in [0.15, 0.2) is 0 Å². The summed E-state index contributed by atoms with van der Waals surface area (Å²) in [5.74, 6) is -0.290. The lowest BCUT2D eigenvalue weighted by molar-refractivity contribution is -0.144. The van der Waals surface area contributed by atoms with Crippen LogP contribution >= 0.6 is 11.8 Å². The zero-order valence-electron chi connectivity index (χ0n) is 10.8. The standard InChI is InChI=1S/C11H21NO4S/c1-11(2,3)9(10(14)15)12-8(13)7-17-6-5-16-4/h9H,5-7H2,1-4H3,(H,12,13)(H,14,15)/t9-/m1/s1. The van der Waals surface area contributed by atoms with E-state index in [0.717, 1.165) is 5.75 Å². The fourth-order valence-electron chi connectivity index (χ4n) is 1.16. The Morgan fingerprint density at radius 3 is 2.41 bits per heavy atom. The van der Waals surface area contributed by atoms with E-state index in [-0.39, 0.29) is 11.7 Å². The van der Waals surface area contributed by atoms with Gasteiger partial charge in [0.05, 0.1) is 12.4 Å². The first-order valence-electron chi connectivity index (χ1n) is 5.38. The molecule has 0 spiro atoms. The predicted octanol–water partition coefficient (Wildman–Crippen LogP) is 0.981. The third-order valence-corrected chi connectivity index (χ3v) is 3.00. The Morgan fingerprint density at radius 2 is 2.00 bits per heavy atom. The number of amides is 1. The first-order chi connectivity index (χ1) is 7.79. The second-order valence-corrected chi connectivity index (χ2v) is 5.86. The summed E-state index contributed by atoms with van der Waals surface area (Å²) in [6.45, 7) is 5.93. The zero-order valence-corrected chi connectivity index (χ0v) is 11.6. The predicted molar refractivity (Wildman–Crippen MR) is 68.2 cm³/mol. The van der Waals surface area contributed by atoms with E-state index in [1.165, 1.54) is 11.8 Å². The summed E-state index contributed by atoms with van der Waals surface area (Å²) in [4.78, 5) is 22.5. The summed E-state index contributed by atoms with van der Waals surface area (Å²) in [5.41, 5.74) is -0.501. The van der Waals surface area contributed by atoms with E-state index in [0.29, 0.717) is 6.61 Å². The minimum absolute atomic E-state index is 0.253. The van der Waals surface area contributed by atoms with Crippen molar-refractivity contribution in [3.63, 3.8) is 0 Å². The summed E-state index contributed by atoms with van der Waals surface area (Å²) < 4.78 is 4.85. The third kappa shape index (κ3) is 7.23. The molecule has 6 heteroatoms. The van der Waals surface area contributed by atoms with Gasteiger partial charge in [0, 0.05) is 12.9 Å². The highest BCUT2D eigenvalue weighted by Crippen LogP contribution is 2.19. The Kier molecular flexibility index (Phi) is 7.22. The van der Waals surface area contributed by atoms with Crippen LogP contribution < -0.4 is 5.32 Å². The SMILES string of the molecule is COCCSCC(=O)N[C@H](C(=O)O)C(C)(C)C. The van der Waals surface area contributed by atoms with Gasteiger partial charge >= 0.3 is 5.97 Å². The number of aliphatic carboxylic acids is 1. The summed E-state index contributed by atoms with van der Waals surface area (Å²) in [6, 6.07) is -0.863. The molecule has 0 aromatic rings. The van der Waals surface area contributed by atoms with Crippen molar-refractivity contribution in [3.05, 3.63) is 0 Å². The molecule has 17 heavy (non-hydrogen) atoms. The van der Waals surface area contributed by atoms with Crippen LogP contribution in [-0.2, 0) is 14.3 Å². The Bertz CT molecular complexity index is 263. The number of carboxylic acid groups (broad SMARTS) is 1. The molecule has 0 aliphatic heterocycles. The monoisotopic (exact) mass is 263 g/mol. The fraction of sp³-hybridized carbons (Fsp3) is 0.818. The molecule has 0 aliphatic rings. The summed E-state index contributed by atoms with van der Waals surface area (Å²) in [6.07, 6.45) is 0. The number of thioether (sulfide) groups is 1. The van der Waals surface area contributed by atoms with Gasteiger partial charge in [-0.3, -0.25) is 4.79 Å². The van der Waals surface area contributed by atoms with Crippen LogP contribution in [0.25, 0.3) is 0 Å². The third-order valence-electron chi connectivity index (χ3n) is 2.08. The lowest BCUT2D eigenvalue weighted by atomic mass is 9.87. The van der Waals surface area contributed by atoms with Gasteiger partial charge in [-0.25, -0.2) is 4.79 Å². The van der Waals surface area contributed by atoms with Crippen LogP contribution in [0.3, 0.4) is 0 Å². The van der Waals surface area contributed by atoms with Gasteiger partial charge in [-0.15, -0.1) is 11.8 Å². The maximum absolute atomic E-state index is 11.5. The smallest absolute Gasteiger partial charge is 0.326 e. The molecule has 1 amide bonds. The molecule has 100 valence electrons. The lowest BCUT2D eigenvalue weighted by Gasteiger charge is -2.27. The van der Waals surface area contributed by atoms with E-state index in [2.05, 4.69) is 5.32 Å². The molecule has 0 bridgehead atoms. The molecule has 0 saturated heterocycles. The van der Waals surface area contributed by atoms with E-state index in [9.17, 15) is 9.59 Å². The van der Waals surface area contributed by atoms with Crippen LogP contribution in [0.5, 0.6) is 0 Å². The first-order valence-corrected chi connectivity index (χ1v) is 6.53. The van der Waals surface area contributed by atoms with E-state index in [1.807, 2.05) is 0 Å². The van der Waals surface area contributed by atoms with Crippen LogP contribution in [-0.4, -0.2) is 48.2 Å². The number of carbonyl (C=O) groups is 2. The molecule has 5 nitrogen and oxygen atoms in total. The molecular weight excluding hydrogens is 242 g/mol. The largest absolute Gasteiger partial charge is 0.480 e. The van der Waals surface area contributed by atoms with Gasteiger partial charge in [-0.05, 0) is 5.41 Å². The van der Waals surface area contributed by atoms with Gasteiger partial charge in [0.2, 0.25) is 5.91 Å². The fourth-order valence-corrected chi connectivity index (χ4v) is 1.86. The number of nitrogens with one attached hydrogen (secondary N) is 1. The maximum atomic E-state index is 11.5. The number of carbonyl (C=O) groups excluding carboxylic acids is 1. The van der Waals surface area contributed by atoms with Gasteiger partial charge in [-0.2, -0.15) is 0 Å². The minimum atomic E-state index is -1.01. The molecule has 0 aromatic carbocycles. The van der Waals surface area contributed by atoms with Crippen molar-refractivity contribution in [1.82, 2.24) is 5.32 Å². The number of rotatable bonds is 7. The molecule has 1 atom stereocenters. The lowest BCUT2D eigenvalue weighted by Crippen LogP contribution is -2.49. The Labute approximate surface area is 106 Å². The van der Waals surface area contributed by atoms with Crippen LogP contribution in [0.1, 0.15) is 20.8 Å². The Hall–Kier alpha value is -0.750. The van der Waals surface area contributed by atoms with Crippen molar-refractivity contribution < 1.29 is 19.4 Å². The minimum Gasteiger partial charge on any atom is -0.480 e. The van der Waals surface area contributed by atoms with Crippen molar-refractivity contribution in [2.24, 2.45) is 5.41 Å². The number of hydrogen-bond acceptors (Lipinski definition) is 4. The summed E-state index contributed by atoms with van der Waals surface area (Å²) in [5, 5.41) is 11.6. The molecule has 0 aromatic heterocycles. The van der Waals surface area contributed by atoms with Gasteiger partial charge in [0.25, 0.3) is 0 Å². The summed E-state index contributed by atoms with van der Waals surface area (Å²) >= 11 is 1.42. The second-order valence-electron chi connectivity index (χ2n) is 4.75. The molecular formula is C11H21NO4S. The van der Waals surface area contributed by atoms with Crippen molar-refractivity contribution in [2.45, 2.75) is 26.8 Å². The zero-order chi connectivity index (χ0) is 13.5. The van der Waals surface area contributed by atoms with Crippen molar-refractivity contribution in [3.8, 4) is 0 Å². The molecule has 0 radical (unpaired) electrons. The summed E-state index contributed by atoms with van der Waals surface area (Å²) in [7, 11) is 1.60. The average Bonchev–Trinajstić information content (AvgIpc) is 2.19. The number of ether oxygens (including phenoxy) is 1. The molecule has 0 unspecified atom stereocenters. The van der Waals surface area contributed by atoms with E-state index >= 15 is 0 Å². The number of hydrogen-bond donors (Lipinski definition) is 2. The van der Waals surface area contributed by atoms with Crippen LogP contribution in [0.4, 0.5) is 0 Å². The van der Waals surface area contributed by atoms with E-state index in [1.54, 1.807) is 27.9 Å². The maximum Gasteiger partial charge on any atom is 0.326 e. The normalized spacial score (nSPS) is 13.2. The van der Waals surface area contributed by atoms with E-state index in [4.69, 9.17) is 9.84 Å². The quantitative estimate of drug-likeness (QED) is 0.670. The second kappa shape index (κ2) is 7.55. The van der Waals surface area contributed by atoms with Crippen LogP contribution in [0, 0.1) is 5.41 Å². The Balaban J connectivity index is 4.11. The van der Waals surface area contributed by atoms with Gasteiger partial charge in [0.1, 0.15) is 6.04 Å². The molecule has 0 heterocycles. The van der Waals surface area contributed by atoms with E-state index < -0.39 is 17.4 Å². The molecule has 0 rings (SSSR count). The van der Waals surface area contributed by atoms with Gasteiger partial charge in [0.15, 0.2) is 0 Å². The van der Waals surface area contributed by atoms with Crippen molar-refractivity contribution >= 4 is 23.6 Å². The highest BCUT2D eigenvalue weighted by molar-refractivity contribution is 7.99. The van der Waals surface area contributed by atoms with Gasteiger partial charge in [-0.1, -0.05) is 20.8 Å². The molecule has 2 N–H and O–H groups in total. The molecule has 0 fully saturated rings. The molecule has 0 aliphatic carbocycles. The highest BCUT2D eigenvalue weighted by atomic mass is 32.2. The molecule has 0 saturated carbocycles. The average molecular weight is 263 g/mol. The number of methoxy groups -OCH3 is 1. The first kappa shape index (κ1) is 16.2.